The molecule has 0 spiro atoms. The number of benzene rings is 1. The average molecular weight is 571 g/mol. The van der Waals surface area contributed by atoms with Gasteiger partial charge in [-0.05, 0) is 50.4 Å². The predicted octanol–water partition coefficient (Wildman–Crippen LogP) is 7.06. The quantitative estimate of drug-likeness (QED) is 0.322. The van der Waals surface area contributed by atoms with Crippen LogP contribution in [0.15, 0.2) is 30.5 Å². The summed E-state index contributed by atoms with van der Waals surface area (Å²) in [5, 5.41) is 9.46. The number of imidazole rings is 1. The van der Waals surface area contributed by atoms with E-state index in [2.05, 4.69) is 28.8 Å². The molecule has 3 aromatic rings. The van der Waals surface area contributed by atoms with E-state index in [0.717, 1.165) is 24.2 Å². The number of aryl methyl sites for hydroxylation is 1. The lowest BCUT2D eigenvalue weighted by Crippen LogP contribution is -2.30. The number of rotatable bonds is 6. The highest BCUT2D eigenvalue weighted by Crippen LogP contribution is 2.38. The van der Waals surface area contributed by atoms with Gasteiger partial charge in [0.15, 0.2) is 11.5 Å². The Hall–Kier alpha value is -3.05. The zero-order chi connectivity index (χ0) is 30.0. The summed E-state index contributed by atoms with van der Waals surface area (Å²) >= 11 is 0. The van der Waals surface area contributed by atoms with Crippen LogP contribution in [0.1, 0.15) is 63.9 Å². The van der Waals surface area contributed by atoms with Gasteiger partial charge in [0.05, 0.1) is 31.3 Å². The van der Waals surface area contributed by atoms with Crippen LogP contribution in [0.3, 0.4) is 0 Å². The Balaban J connectivity index is 0.000000475. The Morgan fingerprint density at radius 2 is 1.82 bits per heavy atom. The molecule has 222 valence electrons. The Kier molecular flexibility index (Phi) is 12.5. The highest BCUT2D eigenvalue weighted by Gasteiger charge is 2.40. The molecule has 3 heterocycles. The van der Waals surface area contributed by atoms with Crippen LogP contribution in [0.25, 0.3) is 17.1 Å². The van der Waals surface area contributed by atoms with Gasteiger partial charge in [0.2, 0.25) is 5.88 Å². The molecule has 1 atom stereocenters. The van der Waals surface area contributed by atoms with Crippen LogP contribution in [0.4, 0.5) is 22.0 Å². The van der Waals surface area contributed by atoms with Crippen LogP contribution in [-0.4, -0.2) is 51.8 Å². The zero-order valence-corrected chi connectivity index (χ0v) is 23.9. The average Bonchev–Trinajstić information content (AvgIpc) is 3.32. The number of aliphatic hydroxyl groups is 1. The van der Waals surface area contributed by atoms with E-state index < -0.39 is 41.7 Å². The number of alkyl halides is 3. The van der Waals surface area contributed by atoms with Crippen molar-refractivity contribution in [2.75, 3.05) is 27.2 Å². The van der Waals surface area contributed by atoms with Crippen molar-refractivity contribution in [3.63, 3.8) is 0 Å². The minimum atomic E-state index is -4.93. The van der Waals surface area contributed by atoms with Crippen molar-refractivity contribution >= 4 is 0 Å². The maximum Gasteiger partial charge on any atom is 0.433 e. The van der Waals surface area contributed by atoms with Crippen molar-refractivity contribution in [1.29, 1.82) is 0 Å². The Labute approximate surface area is 232 Å². The third-order valence-corrected chi connectivity index (χ3v) is 6.30. The first kappa shape index (κ1) is 33.2. The van der Waals surface area contributed by atoms with Crippen molar-refractivity contribution in [1.82, 2.24) is 19.4 Å². The number of halogens is 5. The van der Waals surface area contributed by atoms with E-state index >= 15 is 0 Å². The maximum absolute atomic E-state index is 14.4. The number of hydrogen-bond acceptors (Lipinski definition) is 5. The van der Waals surface area contributed by atoms with Crippen molar-refractivity contribution in [3.05, 3.63) is 59.0 Å². The number of ether oxygens (including phenoxy) is 1. The van der Waals surface area contributed by atoms with Crippen LogP contribution in [0, 0.1) is 17.6 Å². The molecule has 6 nitrogen and oxygen atoms in total. The number of aromatic nitrogens is 3. The van der Waals surface area contributed by atoms with Gasteiger partial charge in [0.1, 0.15) is 11.6 Å². The summed E-state index contributed by atoms with van der Waals surface area (Å²) in [6.07, 6.45) is 0.0339. The molecule has 2 aromatic heterocycles. The number of nitrogens with zero attached hydrogens (tertiary/aromatic N) is 4. The summed E-state index contributed by atoms with van der Waals surface area (Å²) in [5.41, 5.74) is -1.83. The van der Waals surface area contributed by atoms with Crippen molar-refractivity contribution < 1.29 is 31.8 Å². The molecule has 0 aliphatic carbocycles. The monoisotopic (exact) mass is 570 g/mol. The molecule has 1 saturated heterocycles. The number of methoxy groups -OCH3 is 1. The second kappa shape index (κ2) is 15.1. The SMILES string of the molecule is CC.CC1CCCN(C)C1.CCCc1ccc(-c2nc(CO)c(C(F)(F)F)n2-c2cnc(OC)c(F)c2)cc1F. The van der Waals surface area contributed by atoms with Crippen LogP contribution < -0.4 is 4.74 Å². The van der Waals surface area contributed by atoms with E-state index in [9.17, 15) is 27.1 Å². The van der Waals surface area contributed by atoms with E-state index in [4.69, 9.17) is 4.74 Å². The second-order valence-electron chi connectivity index (χ2n) is 9.47. The molecule has 0 saturated carbocycles. The summed E-state index contributed by atoms with van der Waals surface area (Å²) < 4.78 is 75.4. The van der Waals surface area contributed by atoms with Crippen LogP contribution >= 0.6 is 0 Å². The topological polar surface area (TPSA) is 63.4 Å². The third-order valence-electron chi connectivity index (χ3n) is 6.30. The molecule has 0 bridgehead atoms. The fourth-order valence-corrected chi connectivity index (χ4v) is 4.58. The van der Waals surface area contributed by atoms with Crippen molar-refractivity contribution in [3.8, 4) is 23.0 Å². The fraction of sp³-hybridized carbons (Fsp3) is 0.517. The van der Waals surface area contributed by atoms with Gasteiger partial charge in [0.25, 0.3) is 0 Å². The molecule has 11 heteroatoms. The molecular weight excluding hydrogens is 531 g/mol. The summed E-state index contributed by atoms with van der Waals surface area (Å²) in [6, 6.07) is 4.76. The molecule has 40 heavy (non-hydrogen) atoms. The van der Waals surface area contributed by atoms with E-state index in [1.54, 1.807) is 0 Å². The van der Waals surface area contributed by atoms with Gasteiger partial charge < -0.3 is 14.7 Å². The maximum atomic E-state index is 14.4. The van der Waals surface area contributed by atoms with E-state index in [0.29, 0.717) is 23.0 Å². The summed E-state index contributed by atoms with van der Waals surface area (Å²) in [6.45, 7) is 9.80. The fourth-order valence-electron chi connectivity index (χ4n) is 4.58. The Morgan fingerprint density at radius 1 is 1.12 bits per heavy atom. The van der Waals surface area contributed by atoms with Gasteiger partial charge in [0, 0.05) is 18.2 Å². The summed E-state index contributed by atoms with van der Waals surface area (Å²) in [7, 11) is 3.37. The molecule has 1 aliphatic rings. The summed E-state index contributed by atoms with van der Waals surface area (Å²) in [4.78, 5) is 9.96. The first-order valence-corrected chi connectivity index (χ1v) is 13.5. The number of pyridine rings is 1. The van der Waals surface area contributed by atoms with E-state index in [-0.39, 0.29) is 17.1 Å². The number of piperidine rings is 1. The van der Waals surface area contributed by atoms with Gasteiger partial charge in [-0.15, -0.1) is 0 Å². The summed E-state index contributed by atoms with van der Waals surface area (Å²) in [5.74, 6) is -1.35. The van der Waals surface area contributed by atoms with Gasteiger partial charge in [-0.25, -0.2) is 18.7 Å². The highest BCUT2D eigenvalue weighted by molar-refractivity contribution is 5.62. The van der Waals surface area contributed by atoms with Crippen molar-refractivity contribution in [2.24, 2.45) is 5.92 Å². The van der Waals surface area contributed by atoms with Crippen molar-refractivity contribution in [2.45, 2.75) is 66.2 Å². The minimum absolute atomic E-state index is 0.0359. The molecule has 1 fully saturated rings. The molecule has 1 aliphatic heterocycles. The van der Waals surface area contributed by atoms with Crippen LogP contribution in [0.5, 0.6) is 5.88 Å². The van der Waals surface area contributed by atoms with Crippen LogP contribution in [0.2, 0.25) is 0 Å². The zero-order valence-electron chi connectivity index (χ0n) is 23.9. The largest absolute Gasteiger partial charge is 0.479 e. The number of aliphatic hydroxyl groups excluding tert-OH is 1. The van der Waals surface area contributed by atoms with Gasteiger partial charge in [-0.1, -0.05) is 46.2 Å². The van der Waals surface area contributed by atoms with Crippen LogP contribution in [-0.2, 0) is 19.2 Å². The Morgan fingerprint density at radius 3 is 2.30 bits per heavy atom. The minimum Gasteiger partial charge on any atom is -0.479 e. The van der Waals surface area contributed by atoms with Gasteiger partial charge in [-0.3, -0.25) is 4.57 Å². The standard InChI is InChI=1S/C20H18F5N3O2.C7H15N.C2H6/c1-3-4-11-5-6-12(7-14(11)21)18-27-16(10-29)17(20(23,24)25)28(18)13-8-15(22)19(30-2)26-9-13;1-7-4-3-5-8(2)6-7;1-2/h5-9,29H,3-4,10H2,1-2H3;7H,3-6H2,1-2H3;1-2H3. The molecule has 1 N–H and O–H groups in total. The first-order chi connectivity index (χ1) is 19.0. The molecular formula is C29H39F5N4O2. The lowest BCUT2D eigenvalue weighted by atomic mass is 10.0. The number of likely N-dealkylation sites (tertiary alicyclic amines) is 1. The van der Waals surface area contributed by atoms with Gasteiger partial charge in [-0.2, -0.15) is 13.2 Å². The molecule has 0 radical (unpaired) electrons. The second-order valence-corrected chi connectivity index (χ2v) is 9.47. The smallest absolute Gasteiger partial charge is 0.433 e. The lowest BCUT2D eigenvalue weighted by Gasteiger charge is -2.26. The third kappa shape index (κ3) is 8.23. The molecule has 0 amide bonds. The molecule has 1 aromatic carbocycles. The lowest BCUT2D eigenvalue weighted by molar-refractivity contribution is -0.143. The first-order valence-electron chi connectivity index (χ1n) is 13.5. The van der Waals surface area contributed by atoms with E-state index in [1.165, 1.54) is 45.2 Å². The predicted molar refractivity (Wildman–Crippen MR) is 145 cm³/mol. The van der Waals surface area contributed by atoms with Gasteiger partial charge >= 0.3 is 6.18 Å². The van der Waals surface area contributed by atoms with E-state index in [1.807, 2.05) is 20.8 Å². The molecule has 4 rings (SSSR count). The Bertz CT molecular complexity index is 1220. The highest BCUT2D eigenvalue weighted by atomic mass is 19.4. The normalized spacial score (nSPS) is 15.6. The molecule has 1 unspecified atom stereocenters. The number of hydrogen-bond donors (Lipinski definition) is 1.